The van der Waals surface area contributed by atoms with Crippen molar-refractivity contribution in [3.8, 4) is 0 Å². The van der Waals surface area contributed by atoms with Gasteiger partial charge in [0.05, 0.1) is 17.9 Å². The van der Waals surface area contributed by atoms with E-state index in [1.54, 1.807) is 6.07 Å². The number of furan rings is 1. The zero-order valence-corrected chi connectivity index (χ0v) is 13.8. The van der Waals surface area contributed by atoms with Crippen LogP contribution in [0.4, 0.5) is 0 Å². The topological polar surface area (TPSA) is 79.5 Å². The summed E-state index contributed by atoms with van der Waals surface area (Å²) in [6.45, 7) is 6.32. The Bertz CT molecular complexity index is 808. The number of amides is 1. The van der Waals surface area contributed by atoms with Gasteiger partial charge in [-0.2, -0.15) is 0 Å². The second kappa shape index (κ2) is 5.67. The molecule has 0 spiro atoms. The summed E-state index contributed by atoms with van der Waals surface area (Å²) in [7, 11) is 0. The van der Waals surface area contributed by atoms with E-state index in [0.717, 1.165) is 11.1 Å². The molecular weight excluding hydrogens is 306 g/mol. The van der Waals surface area contributed by atoms with Crippen LogP contribution >= 0.6 is 0 Å². The molecule has 2 N–H and O–H groups in total. The normalized spacial score (nSPS) is 18.0. The lowest BCUT2D eigenvalue weighted by atomic mass is 9.85. The Morgan fingerprint density at radius 2 is 1.83 bits per heavy atom. The maximum Gasteiger partial charge on any atom is 0.287 e. The summed E-state index contributed by atoms with van der Waals surface area (Å²) in [5, 5.41) is 12.7. The van der Waals surface area contributed by atoms with Crippen LogP contribution in [0.2, 0.25) is 0 Å². The summed E-state index contributed by atoms with van der Waals surface area (Å²) in [5.74, 6) is -1.62. The molecule has 0 bridgehead atoms. The van der Waals surface area contributed by atoms with E-state index in [9.17, 15) is 14.7 Å². The number of ketones is 1. The maximum absolute atomic E-state index is 12.6. The summed E-state index contributed by atoms with van der Waals surface area (Å²) in [4.78, 5) is 24.4. The zero-order valence-electron chi connectivity index (χ0n) is 13.8. The second-order valence-electron chi connectivity index (χ2n) is 6.85. The highest BCUT2D eigenvalue weighted by atomic mass is 16.3. The van der Waals surface area contributed by atoms with Crippen molar-refractivity contribution in [1.82, 2.24) is 5.32 Å². The van der Waals surface area contributed by atoms with Gasteiger partial charge in [-0.25, -0.2) is 0 Å². The minimum Gasteiger partial charge on any atom is -0.503 e. The number of benzene rings is 1. The summed E-state index contributed by atoms with van der Waals surface area (Å²) >= 11 is 0. The number of aliphatic hydroxyl groups is 1. The van der Waals surface area contributed by atoms with Crippen molar-refractivity contribution in [2.75, 3.05) is 0 Å². The minimum absolute atomic E-state index is 0.00223. The lowest BCUT2D eigenvalue weighted by Crippen LogP contribution is -2.23. The number of rotatable bonds is 3. The van der Waals surface area contributed by atoms with Crippen LogP contribution in [-0.2, 0) is 10.2 Å². The Hall–Kier alpha value is -2.82. The molecule has 2 heterocycles. The Morgan fingerprint density at radius 3 is 2.38 bits per heavy atom. The number of Topliss-reactive ketones (excluding diaryl/α,β-unsaturated/α-hetero) is 1. The fourth-order valence-electron chi connectivity index (χ4n) is 2.74. The van der Waals surface area contributed by atoms with E-state index in [2.05, 4.69) is 26.1 Å². The molecule has 5 nitrogen and oxygen atoms in total. The van der Waals surface area contributed by atoms with Gasteiger partial charge in [0.15, 0.2) is 11.5 Å². The molecule has 0 radical (unpaired) electrons. The lowest BCUT2D eigenvalue weighted by molar-refractivity contribution is -0.119. The number of carbonyl (C=O) groups is 2. The van der Waals surface area contributed by atoms with Crippen LogP contribution in [0.1, 0.15) is 48.5 Å². The van der Waals surface area contributed by atoms with Crippen molar-refractivity contribution in [1.29, 1.82) is 0 Å². The second-order valence-corrected chi connectivity index (χ2v) is 6.85. The van der Waals surface area contributed by atoms with Gasteiger partial charge in [-0.15, -0.1) is 0 Å². The highest BCUT2D eigenvalue weighted by molar-refractivity contribution is 6.14. The van der Waals surface area contributed by atoms with Gasteiger partial charge >= 0.3 is 0 Å². The third-order valence-electron chi connectivity index (χ3n) is 4.13. The van der Waals surface area contributed by atoms with E-state index in [1.807, 2.05) is 24.3 Å². The van der Waals surface area contributed by atoms with Crippen molar-refractivity contribution in [3.63, 3.8) is 0 Å². The van der Waals surface area contributed by atoms with Crippen LogP contribution in [0.15, 0.2) is 58.4 Å². The average molecular weight is 325 g/mol. The lowest BCUT2D eigenvalue weighted by Gasteiger charge is -2.20. The highest BCUT2D eigenvalue weighted by Gasteiger charge is 2.38. The van der Waals surface area contributed by atoms with Gasteiger partial charge in [-0.1, -0.05) is 45.0 Å². The van der Waals surface area contributed by atoms with Crippen molar-refractivity contribution >= 4 is 11.7 Å². The van der Waals surface area contributed by atoms with Crippen molar-refractivity contribution in [2.24, 2.45) is 0 Å². The predicted molar refractivity (Wildman–Crippen MR) is 88.7 cm³/mol. The molecule has 0 saturated heterocycles. The number of aliphatic hydroxyl groups excluding tert-OH is 1. The van der Waals surface area contributed by atoms with Crippen LogP contribution in [0.3, 0.4) is 0 Å². The molecule has 2 aromatic rings. The molecular formula is C19H19NO4. The average Bonchev–Trinajstić information content (AvgIpc) is 3.16. The number of hydrogen-bond donors (Lipinski definition) is 2. The fourth-order valence-corrected chi connectivity index (χ4v) is 2.74. The molecule has 0 aliphatic carbocycles. The minimum atomic E-state index is -0.691. The van der Waals surface area contributed by atoms with Gasteiger partial charge in [-0.3, -0.25) is 9.59 Å². The molecule has 1 aliphatic rings. The van der Waals surface area contributed by atoms with Crippen molar-refractivity contribution < 1.29 is 19.1 Å². The Labute approximate surface area is 140 Å². The first-order chi connectivity index (χ1) is 11.3. The van der Waals surface area contributed by atoms with Gasteiger partial charge in [0, 0.05) is 0 Å². The third kappa shape index (κ3) is 2.73. The number of nitrogens with one attached hydrogen (secondary N) is 1. The first-order valence-corrected chi connectivity index (χ1v) is 7.71. The summed E-state index contributed by atoms with van der Waals surface area (Å²) in [5.41, 5.74) is 1.89. The van der Waals surface area contributed by atoms with Crippen LogP contribution in [-0.4, -0.2) is 16.8 Å². The molecule has 1 aromatic carbocycles. The summed E-state index contributed by atoms with van der Waals surface area (Å²) in [6, 6.07) is 10.0. The van der Waals surface area contributed by atoms with Crippen LogP contribution in [0.5, 0.6) is 0 Å². The van der Waals surface area contributed by atoms with E-state index >= 15 is 0 Å². The molecule has 1 atom stereocenters. The van der Waals surface area contributed by atoms with E-state index in [-0.39, 0.29) is 16.7 Å². The van der Waals surface area contributed by atoms with Crippen LogP contribution in [0, 0.1) is 0 Å². The zero-order chi connectivity index (χ0) is 17.5. The predicted octanol–water partition coefficient (Wildman–Crippen LogP) is 3.44. The molecule has 0 fully saturated rings. The first-order valence-electron chi connectivity index (χ1n) is 7.71. The fraction of sp³-hybridized carbons (Fsp3) is 0.263. The monoisotopic (exact) mass is 325 g/mol. The van der Waals surface area contributed by atoms with Gasteiger partial charge < -0.3 is 14.8 Å². The van der Waals surface area contributed by atoms with E-state index in [4.69, 9.17) is 4.42 Å². The highest BCUT2D eigenvalue weighted by Crippen LogP contribution is 2.33. The van der Waals surface area contributed by atoms with E-state index in [1.165, 1.54) is 12.3 Å². The Balaban J connectivity index is 1.98. The molecule has 5 heteroatoms. The van der Waals surface area contributed by atoms with Gasteiger partial charge in [0.2, 0.25) is 5.78 Å². The molecule has 1 unspecified atom stereocenters. The Morgan fingerprint density at radius 1 is 1.17 bits per heavy atom. The Kier molecular flexibility index (Phi) is 3.79. The quantitative estimate of drug-likeness (QED) is 0.847. The van der Waals surface area contributed by atoms with Crippen molar-refractivity contribution in [3.05, 3.63) is 70.9 Å². The van der Waals surface area contributed by atoms with Gasteiger partial charge in [-0.05, 0) is 28.7 Å². The van der Waals surface area contributed by atoms with Crippen LogP contribution < -0.4 is 5.32 Å². The third-order valence-corrected chi connectivity index (χ3v) is 4.13. The SMILES string of the molecule is CC(C)(C)c1ccc(C2NC(=O)C(O)=C2C(=O)c2ccco2)cc1. The molecule has 1 amide bonds. The van der Waals surface area contributed by atoms with E-state index in [0.29, 0.717) is 0 Å². The molecule has 24 heavy (non-hydrogen) atoms. The smallest absolute Gasteiger partial charge is 0.287 e. The van der Waals surface area contributed by atoms with E-state index < -0.39 is 23.5 Å². The molecule has 3 rings (SSSR count). The molecule has 1 aromatic heterocycles. The number of hydrogen-bond acceptors (Lipinski definition) is 4. The van der Waals surface area contributed by atoms with Crippen molar-refractivity contribution in [2.45, 2.75) is 32.2 Å². The molecule has 0 saturated carbocycles. The summed E-state index contributed by atoms with van der Waals surface area (Å²) < 4.78 is 5.11. The number of carbonyl (C=O) groups excluding carboxylic acids is 2. The molecule has 124 valence electrons. The first kappa shape index (κ1) is 16.1. The van der Waals surface area contributed by atoms with Gasteiger partial charge in [0.25, 0.3) is 5.91 Å². The van der Waals surface area contributed by atoms with Crippen LogP contribution in [0.25, 0.3) is 0 Å². The largest absolute Gasteiger partial charge is 0.503 e. The standard InChI is InChI=1S/C19H19NO4/c1-19(2,3)12-8-6-11(7-9-12)15-14(17(22)18(23)20-15)16(21)13-5-4-10-24-13/h4-10,15,22H,1-3H3,(H,20,23). The summed E-state index contributed by atoms with van der Waals surface area (Å²) in [6.07, 6.45) is 1.38. The van der Waals surface area contributed by atoms with Gasteiger partial charge in [0.1, 0.15) is 0 Å². The maximum atomic E-state index is 12.6. The molecule has 1 aliphatic heterocycles.